The summed E-state index contributed by atoms with van der Waals surface area (Å²) in [6.45, 7) is 9.17. The zero-order valence-corrected chi connectivity index (χ0v) is 22.3. The van der Waals surface area contributed by atoms with Gasteiger partial charge in [0.1, 0.15) is 0 Å². The van der Waals surface area contributed by atoms with E-state index in [9.17, 15) is 0 Å². The van der Waals surface area contributed by atoms with E-state index in [2.05, 4.69) is 159 Å². The Hall–Kier alpha value is -3.62. The second-order valence-electron chi connectivity index (χ2n) is 10.4. The summed E-state index contributed by atoms with van der Waals surface area (Å²) >= 11 is 1.76. The first-order chi connectivity index (χ1) is 17.4. The fraction of sp³-hybridized carbons (Fsp3) is 0.176. The fourth-order valence-corrected chi connectivity index (χ4v) is 5.67. The summed E-state index contributed by atoms with van der Waals surface area (Å²) < 4.78 is 0. The molecule has 0 unspecified atom stereocenters. The van der Waals surface area contributed by atoms with Crippen molar-refractivity contribution in [2.24, 2.45) is 0 Å². The molecular weight excluding hydrogens is 454 g/mol. The molecule has 36 heavy (non-hydrogen) atoms. The van der Waals surface area contributed by atoms with Crippen molar-refractivity contribution in [2.45, 2.75) is 38.5 Å². The molecule has 2 heteroatoms. The normalized spacial score (nSPS) is 11.9. The lowest BCUT2D eigenvalue weighted by molar-refractivity contribution is 0.641. The van der Waals surface area contributed by atoms with E-state index in [-0.39, 0.29) is 10.8 Å². The molecule has 4 aromatic carbocycles. The van der Waals surface area contributed by atoms with Gasteiger partial charge in [0, 0.05) is 22.2 Å². The Kier molecular flexibility index (Phi) is 6.55. The van der Waals surface area contributed by atoms with Crippen LogP contribution in [0.2, 0.25) is 0 Å². The maximum Gasteiger partial charge on any atom is 0.0999 e. The summed E-state index contributed by atoms with van der Waals surface area (Å²) in [5, 5.41) is 3.35. The molecule has 0 aliphatic rings. The van der Waals surface area contributed by atoms with E-state index in [0.29, 0.717) is 0 Å². The van der Waals surface area contributed by atoms with Crippen molar-refractivity contribution in [1.82, 2.24) is 0 Å². The molecule has 0 spiro atoms. The zero-order chi connectivity index (χ0) is 25.2. The largest absolute Gasteiger partial charge is 0.302 e. The van der Waals surface area contributed by atoms with Crippen molar-refractivity contribution in [3.8, 4) is 0 Å². The summed E-state index contributed by atoms with van der Waals surface area (Å²) in [6, 6.07) is 43.9. The molecule has 0 amide bonds. The highest BCUT2D eigenvalue weighted by molar-refractivity contribution is 7.14. The Bertz CT molecular complexity index is 1290. The van der Waals surface area contributed by atoms with Crippen LogP contribution in [0.1, 0.15) is 49.9 Å². The van der Waals surface area contributed by atoms with Gasteiger partial charge in [0.15, 0.2) is 0 Å². The number of anilines is 3. The number of rotatable bonds is 7. The summed E-state index contributed by atoms with van der Waals surface area (Å²) in [5.74, 6) is 0. The van der Waals surface area contributed by atoms with Crippen molar-refractivity contribution < 1.29 is 0 Å². The van der Waals surface area contributed by atoms with E-state index in [0.717, 1.165) is 0 Å². The van der Waals surface area contributed by atoms with Crippen molar-refractivity contribution in [2.75, 3.05) is 4.90 Å². The van der Waals surface area contributed by atoms with E-state index < -0.39 is 0 Å². The van der Waals surface area contributed by atoms with Crippen LogP contribution in [0, 0.1) is 0 Å². The number of thiophene rings is 1. The third-order valence-corrected chi connectivity index (χ3v) is 8.27. The van der Waals surface area contributed by atoms with Gasteiger partial charge in [-0.25, -0.2) is 0 Å². The first-order valence-electron chi connectivity index (χ1n) is 12.5. The van der Waals surface area contributed by atoms with E-state index >= 15 is 0 Å². The van der Waals surface area contributed by atoms with Gasteiger partial charge in [-0.05, 0) is 64.0 Å². The van der Waals surface area contributed by atoms with Gasteiger partial charge >= 0.3 is 0 Å². The molecule has 0 atom stereocenters. The molecule has 5 aromatic rings. The van der Waals surface area contributed by atoms with E-state index in [4.69, 9.17) is 0 Å². The van der Waals surface area contributed by atoms with Gasteiger partial charge in [-0.2, -0.15) is 0 Å². The van der Waals surface area contributed by atoms with Crippen LogP contribution in [-0.4, -0.2) is 0 Å². The minimum atomic E-state index is -0.0573. The third kappa shape index (κ3) is 4.62. The second kappa shape index (κ2) is 9.79. The number of hydrogen-bond donors (Lipinski definition) is 0. The molecule has 5 rings (SSSR count). The van der Waals surface area contributed by atoms with Crippen LogP contribution in [0.15, 0.2) is 127 Å². The molecule has 0 saturated heterocycles. The van der Waals surface area contributed by atoms with Gasteiger partial charge in [-0.1, -0.05) is 113 Å². The smallest absolute Gasteiger partial charge is 0.0999 e. The van der Waals surface area contributed by atoms with Crippen LogP contribution in [0.5, 0.6) is 0 Å². The first-order valence-corrected chi connectivity index (χ1v) is 13.4. The average Bonchev–Trinajstić information content (AvgIpc) is 3.45. The van der Waals surface area contributed by atoms with Crippen LogP contribution in [0.4, 0.5) is 16.4 Å². The summed E-state index contributed by atoms with van der Waals surface area (Å²) in [5.41, 5.74) is 7.48. The van der Waals surface area contributed by atoms with E-state index in [1.807, 2.05) is 0 Å². The Labute approximate surface area is 219 Å². The lowest BCUT2D eigenvalue weighted by Crippen LogP contribution is -2.19. The Morgan fingerprint density at radius 1 is 0.444 bits per heavy atom. The molecule has 0 aliphatic carbocycles. The topological polar surface area (TPSA) is 3.24 Å². The zero-order valence-electron chi connectivity index (χ0n) is 21.5. The minimum absolute atomic E-state index is 0.0573. The maximum atomic E-state index is 2.35. The van der Waals surface area contributed by atoms with Crippen molar-refractivity contribution >= 4 is 27.7 Å². The van der Waals surface area contributed by atoms with Gasteiger partial charge in [0.05, 0.1) is 5.00 Å². The average molecular weight is 488 g/mol. The molecular formula is C34H33NS. The molecule has 0 saturated carbocycles. The Morgan fingerprint density at radius 2 is 0.833 bits per heavy atom. The van der Waals surface area contributed by atoms with Crippen LogP contribution in [-0.2, 0) is 10.8 Å². The lowest BCUT2D eigenvalue weighted by atomic mass is 9.78. The molecule has 1 heterocycles. The number of hydrogen-bond acceptors (Lipinski definition) is 2. The van der Waals surface area contributed by atoms with Crippen LogP contribution in [0.25, 0.3) is 0 Å². The molecule has 1 aromatic heterocycles. The van der Waals surface area contributed by atoms with Gasteiger partial charge < -0.3 is 4.90 Å². The second-order valence-corrected chi connectivity index (χ2v) is 11.3. The molecule has 0 N–H and O–H groups in total. The lowest BCUT2D eigenvalue weighted by Gasteiger charge is -2.29. The predicted molar refractivity (Wildman–Crippen MR) is 156 cm³/mol. The van der Waals surface area contributed by atoms with Crippen molar-refractivity contribution in [3.05, 3.63) is 149 Å². The van der Waals surface area contributed by atoms with Crippen LogP contribution in [0.3, 0.4) is 0 Å². The summed E-state index contributed by atoms with van der Waals surface area (Å²) in [4.78, 5) is 2.35. The van der Waals surface area contributed by atoms with E-state index in [1.165, 1.54) is 38.6 Å². The van der Waals surface area contributed by atoms with E-state index in [1.54, 1.807) is 11.3 Å². The van der Waals surface area contributed by atoms with Crippen molar-refractivity contribution in [1.29, 1.82) is 0 Å². The summed E-state index contributed by atoms with van der Waals surface area (Å²) in [7, 11) is 0. The van der Waals surface area contributed by atoms with Gasteiger partial charge in [0.25, 0.3) is 0 Å². The molecule has 1 nitrogen and oxygen atoms in total. The minimum Gasteiger partial charge on any atom is -0.302 e. The molecule has 0 fully saturated rings. The van der Waals surface area contributed by atoms with Gasteiger partial charge in [-0.3, -0.25) is 0 Å². The highest BCUT2D eigenvalue weighted by Gasteiger charge is 2.25. The SMILES string of the molecule is CC(C)(c1ccccc1)c1ccc(N(c2ccc(C(C)(C)c3ccccc3)cc2)c2cccs2)cc1. The predicted octanol–water partition coefficient (Wildman–Crippen LogP) is 9.87. The Balaban J connectivity index is 1.48. The number of benzene rings is 4. The Morgan fingerprint density at radius 3 is 1.19 bits per heavy atom. The first kappa shape index (κ1) is 24.1. The fourth-order valence-electron chi connectivity index (χ4n) is 4.90. The highest BCUT2D eigenvalue weighted by atomic mass is 32.1. The maximum absolute atomic E-state index is 2.35. The quantitative estimate of drug-likeness (QED) is 0.221. The van der Waals surface area contributed by atoms with Gasteiger partial charge in [-0.15, -0.1) is 11.3 Å². The molecule has 0 bridgehead atoms. The molecule has 180 valence electrons. The summed E-state index contributed by atoms with van der Waals surface area (Å²) in [6.07, 6.45) is 0. The number of nitrogens with zero attached hydrogens (tertiary/aromatic N) is 1. The molecule has 0 radical (unpaired) electrons. The molecule has 0 aliphatic heterocycles. The van der Waals surface area contributed by atoms with Crippen molar-refractivity contribution in [3.63, 3.8) is 0 Å². The monoisotopic (exact) mass is 487 g/mol. The van der Waals surface area contributed by atoms with Crippen LogP contribution >= 0.6 is 11.3 Å². The van der Waals surface area contributed by atoms with Gasteiger partial charge in [0.2, 0.25) is 0 Å². The highest BCUT2D eigenvalue weighted by Crippen LogP contribution is 2.40. The standard InChI is InChI=1S/C34H33NS/c1-33(2,26-12-7-5-8-13-26)28-17-21-30(22-18-28)35(32-16-11-25-36-32)31-23-19-29(20-24-31)34(3,4)27-14-9-6-10-15-27/h5-25H,1-4H3. The third-order valence-electron chi connectivity index (χ3n) is 7.41. The van der Waals surface area contributed by atoms with Crippen LogP contribution < -0.4 is 4.90 Å².